The molecule has 0 saturated heterocycles. The van der Waals surface area contributed by atoms with Gasteiger partial charge in [0.15, 0.2) is 0 Å². The van der Waals surface area contributed by atoms with Crippen LogP contribution >= 0.6 is 15.9 Å². The van der Waals surface area contributed by atoms with Crippen LogP contribution in [0.3, 0.4) is 0 Å². The molecule has 16 heavy (non-hydrogen) atoms. The van der Waals surface area contributed by atoms with E-state index < -0.39 is 5.82 Å². The van der Waals surface area contributed by atoms with Crippen LogP contribution in [0.5, 0.6) is 0 Å². The molecule has 1 fully saturated rings. The molecular weight excluding hydrogens is 274 g/mol. The van der Waals surface area contributed by atoms with Crippen molar-refractivity contribution in [3.05, 3.63) is 34.9 Å². The van der Waals surface area contributed by atoms with E-state index >= 15 is 0 Å². The van der Waals surface area contributed by atoms with E-state index in [4.69, 9.17) is 0 Å². The van der Waals surface area contributed by atoms with Crippen molar-refractivity contribution in [3.63, 3.8) is 0 Å². The van der Waals surface area contributed by atoms with Gasteiger partial charge in [0.1, 0.15) is 11.6 Å². The van der Waals surface area contributed by atoms with E-state index in [9.17, 15) is 8.78 Å². The molecule has 1 aromatic rings. The van der Waals surface area contributed by atoms with Crippen LogP contribution in [0.2, 0.25) is 0 Å². The minimum Gasteiger partial charge on any atom is -0.207 e. The summed E-state index contributed by atoms with van der Waals surface area (Å²) in [6, 6.07) is 2.88. The summed E-state index contributed by atoms with van der Waals surface area (Å²) in [5.41, 5.74) is 0.809. The van der Waals surface area contributed by atoms with Crippen molar-refractivity contribution in [3.8, 4) is 0 Å². The molecule has 0 aliphatic heterocycles. The van der Waals surface area contributed by atoms with Crippen LogP contribution in [0.1, 0.15) is 42.7 Å². The molecule has 1 aromatic carbocycles. The SMILES string of the molecule is Cc1ccc(F)c(C2CCCCC2Br)c1F. The number of hydrogen-bond acceptors (Lipinski definition) is 0. The van der Waals surface area contributed by atoms with Crippen LogP contribution < -0.4 is 0 Å². The Morgan fingerprint density at radius 1 is 1.19 bits per heavy atom. The summed E-state index contributed by atoms with van der Waals surface area (Å²) < 4.78 is 27.7. The minimum absolute atomic E-state index is 0.0198. The quantitative estimate of drug-likeness (QED) is 0.658. The van der Waals surface area contributed by atoms with Gasteiger partial charge in [0.05, 0.1) is 0 Å². The number of hydrogen-bond donors (Lipinski definition) is 0. The maximum absolute atomic E-state index is 14.0. The molecule has 0 N–H and O–H groups in total. The molecule has 88 valence electrons. The Labute approximate surface area is 103 Å². The first-order chi connectivity index (χ1) is 7.61. The Hall–Kier alpha value is -0.440. The largest absolute Gasteiger partial charge is 0.207 e. The standard InChI is InChI=1S/C13H15BrF2/c1-8-6-7-11(15)12(13(8)16)9-4-2-3-5-10(9)14/h6-7,9-10H,2-5H2,1H3. The summed E-state index contributed by atoms with van der Waals surface area (Å²) in [6.07, 6.45) is 4.06. The van der Waals surface area contributed by atoms with Gasteiger partial charge in [-0.25, -0.2) is 8.78 Å². The van der Waals surface area contributed by atoms with Crippen LogP contribution in [0.25, 0.3) is 0 Å². The number of alkyl halides is 1. The second-order valence-electron chi connectivity index (χ2n) is 4.50. The zero-order valence-corrected chi connectivity index (χ0v) is 10.9. The van der Waals surface area contributed by atoms with Gasteiger partial charge in [-0.15, -0.1) is 0 Å². The summed E-state index contributed by atoms with van der Waals surface area (Å²) in [7, 11) is 0. The molecule has 0 heterocycles. The van der Waals surface area contributed by atoms with Crippen molar-refractivity contribution in [2.45, 2.75) is 43.4 Å². The highest BCUT2D eigenvalue weighted by Gasteiger charge is 2.29. The van der Waals surface area contributed by atoms with E-state index in [1.165, 1.54) is 12.1 Å². The van der Waals surface area contributed by atoms with E-state index in [0.29, 0.717) is 5.56 Å². The normalized spacial score (nSPS) is 25.8. The number of aryl methyl sites for hydroxylation is 1. The van der Waals surface area contributed by atoms with Crippen molar-refractivity contribution in [2.24, 2.45) is 0 Å². The summed E-state index contributed by atoms with van der Waals surface area (Å²) in [4.78, 5) is 0.201. The fourth-order valence-electron chi connectivity index (χ4n) is 2.43. The lowest BCUT2D eigenvalue weighted by molar-refractivity contribution is 0.425. The topological polar surface area (TPSA) is 0 Å². The molecule has 1 aliphatic carbocycles. The van der Waals surface area contributed by atoms with E-state index in [2.05, 4.69) is 15.9 Å². The van der Waals surface area contributed by atoms with Gasteiger partial charge >= 0.3 is 0 Å². The Bertz CT molecular complexity index is 390. The average molecular weight is 289 g/mol. The predicted molar refractivity (Wildman–Crippen MR) is 65.0 cm³/mol. The molecule has 2 atom stereocenters. The Kier molecular flexibility index (Phi) is 3.63. The van der Waals surface area contributed by atoms with Gasteiger partial charge in [0.25, 0.3) is 0 Å². The fourth-order valence-corrected chi connectivity index (χ4v) is 3.28. The average Bonchev–Trinajstić information content (AvgIpc) is 2.27. The Morgan fingerprint density at radius 2 is 1.88 bits per heavy atom. The zero-order valence-electron chi connectivity index (χ0n) is 9.27. The lowest BCUT2D eigenvalue weighted by Crippen LogP contribution is -2.20. The Morgan fingerprint density at radius 3 is 2.56 bits per heavy atom. The predicted octanol–water partition coefficient (Wildman–Crippen LogP) is 4.69. The lowest BCUT2D eigenvalue weighted by Gasteiger charge is -2.28. The maximum atomic E-state index is 14.0. The molecule has 1 saturated carbocycles. The molecule has 0 aromatic heterocycles. The van der Waals surface area contributed by atoms with Crippen molar-refractivity contribution in [2.75, 3.05) is 0 Å². The molecule has 2 rings (SSSR count). The third-order valence-corrected chi connectivity index (χ3v) is 4.47. The molecule has 3 heteroatoms. The molecule has 0 radical (unpaired) electrons. The highest BCUT2D eigenvalue weighted by molar-refractivity contribution is 9.09. The van der Waals surface area contributed by atoms with Crippen molar-refractivity contribution < 1.29 is 8.78 Å². The first-order valence-corrected chi connectivity index (χ1v) is 6.61. The van der Waals surface area contributed by atoms with Crippen LogP contribution in [-0.4, -0.2) is 4.83 Å². The molecule has 0 nitrogen and oxygen atoms in total. The van der Waals surface area contributed by atoms with Crippen LogP contribution in [0, 0.1) is 18.6 Å². The van der Waals surface area contributed by atoms with Gasteiger partial charge in [0.2, 0.25) is 0 Å². The van der Waals surface area contributed by atoms with Crippen LogP contribution in [0.4, 0.5) is 8.78 Å². The van der Waals surface area contributed by atoms with Gasteiger partial charge in [-0.05, 0) is 31.4 Å². The third-order valence-electron chi connectivity index (χ3n) is 3.37. The third kappa shape index (κ3) is 2.15. The molecule has 0 bridgehead atoms. The summed E-state index contributed by atoms with van der Waals surface area (Å²) >= 11 is 3.55. The summed E-state index contributed by atoms with van der Waals surface area (Å²) in [5, 5.41) is 0. The van der Waals surface area contributed by atoms with E-state index in [1.54, 1.807) is 6.92 Å². The van der Waals surface area contributed by atoms with Crippen molar-refractivity contribution in [1.29, 1.82) is 0 Å². The smallest absolute Gasteiger partial charge is 0.132 e. The molecule has 0 amide bonds. The first kappa shape index (κ1) is 12.0. The molecule has 1 aliphatic rings. The highest BCUT2D eigenvalue weighted by Crippen LogP contribution is 2.40. The van der Waals surface area contributed by atoms with Gasteiger partial charge in [-0.2, -0.15) is 0 Å². The van der Waals surface area contributed by atoms with Crippen LogP contribution in [0.15, 0.2) is 12.1 Å². The van der Waals surface area contributed by atoms with Gasteiger partial charge in [-0.3, -0.25) is 0 Å². The minimum atomic E-state index is -0.403. The Balaban J connectivity index is 2.42. The second-order valence-corrected chi connectivity index (χ2v) is 5.68. The maximum Gasteiger partial charge on any atom is 0.132 e. The summed E-state index contributed by atoms with van der Waals surface area (Å²) in [6.45, 7) is 1.68. The molecular formula is C13H15BrF2. The molecule has 0 spiro atoms. The van der Waals surface area contributed by atoms with E-state index in [0.717, 1.165) is 25.7 Å². The van der Waals surface area contributed by atoms with Gasteiger partial charge < -0.3 is 0 Å². The van der Waals surface area contributed by atoms with Crippen molar-refractivity contribution >= 4 is 15.9 Å². The molecule has 2 unspecified atom stereocenters. The zero-order chi connectivity index (χ0) is 11.7. The van der Waals surface area contributed by atoms with Crippen LogP contribution in [-0.2, 0) is 0 Å². The van der Waals surface area contributed by atoms with E-state index in [-0.39, 0.29) is 22.1 Å². The lowest BCUT2D eigenvalue weighted by atomic mass is 9.83. The number of rotatable bonds is 1. The van der Waals surface area contributed by atoms with Gasteiger partial charge in [-0.1, -0.05) is 34.8 Å². The number of benzene rings is 1. The first-order valence-electron chi connectivity index (χ1n) is 5.70. The number of halogens is 3. The van der Waals surface area contributed by atoms with Crippen molar-refractivity contribution in [1.82, 2.24) is 0 Å². The second kappa shape index (κ2) is 4.82. The van der Waals surface area contributed by atoms with E-state index in [1.807, 2.05) is 0 Å². The highest BCUT2D eigenvalue weighted by atomic mass is 79.9. The monoisotopic (exact) mass is 288 g/mol. The summed E-state index contributed by atoms with van der Waals surface area (Å²) in [5.74, 6) is -0.788. The fraction of sp³-hybridized carbons (Fsp3) is 0.538. The van der Waals surface area contributed by atoms with Gasteiger partial charge in [0, 0.05) is 16.3 Å².